The van der Waals surface area contributed by atoms with Gasteiger partial charge in [0.05, 0.1) is 18.5 Å². The fourth-order valence-corrected chi connectivity index (χ4v) is 3.73. The Morgan fingerprint density at radius 2 is 1.92 bits per heavy atom. The number of likely N-dealkylation sites (tertiary alicyclic amines) is 1. The Hall–Kier alpha value is -2.47. The fraction of sp³-hybridized carbons (Fsp3) is 0.450. The molecule has 6 heteroatoms. The number of aryl methyl sites for hydroxylation is 2. The first-order valence-electron chi connectivity index (χ1n) is 9.09. The van der Waals surface area contributed by atoms with Gasteiger partial charge in [-0.05, 0) is 43.9 Å². The molecule has 0 bridgehead atoms. The van der Waals surface area contributed by atoms with Crippen LogP contribution < -0.4 is 11.1 Å². The summed E-state index contributed by atoms with van der Waals surface area (Å²) in [5.74, 6) is -0.274. The second-order valence-electron chi connectivity index (χ2n) is 7.08. The Bertz CT molecular complexity index is 826. The summed E-state index contributed by atoms with van der Waals surface area (Å²) in [6.45, 7) is 5.88. The third-order valence-electron chi connectivity index (χ3n) is 5.16. The van der Waals surface area contributed by atoms with Crippen LogP contribution >= 0.6 is 0 Å². The van der Waals surface area contributed by atoms with Crippen LogP contribution in [0.5, 0.6) is 0 Å². The maximum Gasteiger partial charge on any atom is 0.231 e. The number of aromatic nitrogens is 1. The molecule has 3 rings (SSSR count). The molecule has 0 spiro atoms. The topological polar surface area (TPSA) is 88.3 Å². The van der Waals surface area contributed by atoms with E-state index in [1.54, 1.807) is 0 Å². The summed E-state index contributed by atoms with van der Waals surface area (Å²) < 4.78 is 0. The largest absolute Gasteiger partial charge is 0.369 e. The highest BCUT2D eigenvalue weighted by molar-refractivity contribution is 5.86. The summed E-state index contributed by atoms with van der Waals surface area (Å²) >= 11 is 0. The number of hydrogen-bond acceptors (Lipinski definition) is 4. The highest BCUT2D eigenvalue weighted by Crippen LogP contribution is 2.23. The van der Waals surface area contributed by atoms with Crippen molar-refractivity contribution in [3.63, 3.8) is 0 Å². The zero-order valence-corrected chi connectivity index (χ0v) is 15.4. The molecule has 2 amide bonds. The molecule has 138 valence electrons. The Morgan fingerprint density at radius 3 is 2.62 bits per heavy atom. The molecular weight excluding hydrogens is 328 g/mol. The van der Waals surface area contributed by atoms with Crippen LogP contribution in [0.3, 0.4) is 0 Å². The van der Waals surface area contributed by atoms with E-state index in [2.05, 4.69) is 17.2 Å². The van der Waals surface area contributed by atoms with Gasteiger partial charge in [0.25, 0.3) is 0 Å². The van der Waals surface area contributed by atoms with Crippen LogP contribution in [-0.2, 0) is 16.0 Å². The van der Waals surface area contributed by atoms with Gasteiger partial charge in [0.1, 0.15) is 0 Å². The molecule has 1 aromatic carbocycles. The van der Waals surface area contributed by atoms with E-state index in [4.69, 9.17) is 5.73 Å². The van der Waals surface area contributed by atoms with Gasteiger partial charge in [-0.1, -0.05) is 18.2 Å². The summed E-state index contributed by atoms with van der Waals surface area (Å²) in [7, 11) is 0. The summed E-state index contributed by atoms with van der Waals surface area (Å²) in [5.41, 5.74) is 9.24. The molecule has 0 aliphatic carbocycles. The van der Waals surface area contributed by atoms with Gasteiger partial charge >= 0.3 is 0 Å². The number of fused-ring (bicyclic) bond motifs is 1. The maximum absolute atomic E-state index is 12.6. The molecule has 0 radical (unpaired) electrons. The lowest BCUT2D eigenvalue weighted by atomic mass is 9.98. The first kappa shape index (κ1) is 18.3. The van der Waals surface area contributed by atoms with E-state index in [0.717, 1.165) is 53.7 Å². The number of amides is 2. The molecule has 2 aromatic rings. The van der Waals surface area contributed by atoms with Gasteiger partial charge < -0.3 is 11.1 Å². The minimum Gasteiger partial charge on any atom is -0.369 e. The van der Waals surface area contributed by atoms with Crippen molar-refractivity contribution in [3.05, 3.63) is 41.1 Å². The van der Waals surface area contributed by atoms with Crippen LogP contribution in [0.4, 0.5) is 0 Å². The number of primary amides is 1. The highest BCUT2D eigenvalue weighted by atomic mass is 16.2. The van der Waals surface area contributed by atoms with Crippen LogP contribution in [0.1, 0.15) is 29.7 Å². The van der Waals surface area contributed by atoms with Gasteiger partial charge in [0.2, 0.25) is 11.8 Å². The molecule has 0 unspecified atom stereocenters. The van der Waals surface area contributed by atoms with Crippen molar-refractivity contribution in [2.45, 2.75) is 39.2 Å². The Labute approximate surface area is 153 Å². The molecule has 1 aliphatic rings. The Kier molecular flexibility index (Phi) is 5.52. The van der Waals surface area contributed by atoms with Gasteiger partial charge in [-0.3, -0.25) is 19.5 Å². The third-order valence-corrected chi connectivity index (χ3v) is 5.16. The zero-order chi connectivity index (χ0) is 18.7. The van der Waals surface area contributed by atoms with Gasteiger partial charge in [-0.25, -0.2) is 0 Å². The molecular formula is C20H26N4O2. The highest BCUT2D eigenvalue weighted by Gasteiger charge is 2.22. The standard InChI is InChI=1S/C20H26N4O2/c1-13-16-5-3-4-6-18(16)22-14(2)17(13)11-20(26)23-15-7-9-24(10-8-15)12-19(21)25/h3-6,15H,7-12H2,1-2H3,(H2,21,25)(H,23,26). The number of nitrogens with zero attached hydrogens (tertiary/aromatic N) is 2. The predicted molar refractivity (Wildman–Crippen MR) is 102 cm³/mol. The number of rotatable bonds is 5. The van der Waals surface area contributed by atoms with Crippen molar-refractivity contribution < 1.29 is 9.59 Å². The van der Waals surface area contributed by atoms with Crippen molar-refractivity contribution in [1.82, 2.24) is 15.2 Å². The molecule has 0 atom stereocenters. The van der Waals surface area contributed by atoms with Crippen LogP contribution in [0.15, 0.2) is 24.3 Å². The summed E-state index contributed by atoms with van der Waals surface area (Å²) in [5, 5.41) is 4.23. The monoisotopic (exact) mass is 354 g/mol. The Morgan fingerprint density at radius 1 is 1.23 bits per heavy atom. The third kappa shape index (κ3) is 4.19. The molecule has 3 N–H and O–H groups in total. The minimum absolute atomic E-state index is 0.0293. The number of benzene rings is 1. The van der Waals surface area contributed by atoms with Crippen molar-refractivity contribution >= 4 is 22.7 Å². The summed E-state index contributed by atoms with van der Waals surface area (Å²) in [6.07, 6.45) is 2.02. The van der Waals surface area contributed by atoms with Crippen LogP contribution in [0.25, 0.3) is 10.9 Å². The van der Waals surface area contributed by atoms with Crippen LogP contribution in [0.2, 0.25) is 0 Å². The van der Waals surface area contributed by atoms with E-state index in [0.29, 0.717) is 13.0 Å². The number of nitrogens with two attached hydrogens (primary N) is 1. The average Bonchev–Trinajstić information content (AvgIpc) is 2.60. The SMILES string of the molecule is Cc1nc2ccccc2c(C)c1CC(=O)NC1CCN(CC(N)=O)CC1. The number of para-hydroxylation sites is 1. The molecule has 1 aliphatic heterocycles. The molecule has 2 heterocycles. The first-order valence-corrected chi connectivity index (χ1v) is 9.09. The lowest BCUT2D eigenvalue weighted by molar-refractivity contribution is -0.122. The molecule has 0 saturated carbocycles. The number of hydrogen-bond donors (Lipinski definition) is 2. The van der Waals surface area contributed by atoms with Crippen molar-refractivity contribution in [2.24, 2.45) is 5.73 Å². The lowest BCUT2D eigenvalue weighted by Gasteiger charge is -2.31. The summed E-state index contributed by atoms with van der Waals surface area (Å²) in [4.78, 5) is 30.2. The van der Waals surface area contributed by atoms with E-state index in [1.807, 2.05) is 36.1 Å². The number of carbonyl (C=O) groups excluding carboxylic acids is 2. The van der Waals surface area contributed by atoms with E-state index in [1.165, 1.54) is 0 Å². The van der Waals surface area contributed by atoms with E-state index < -0.39 is 0 Å². The molecule has 1 fully saturated rings. The van der Waals surface area contributed by atoms with E-state index in [9.17, 15) is 9.59 Å². The van der Waals surface area contributed by atoms with Crippen LogP contribution in [0, 0.1) is 13.8 Å². The zero-order valence-electron chi connectivity index (χ0n) is 15.4. The van der Waals surface area contributed by atoms with Gasteiger partial charge in [-0.15, -0.1) is 0 Å². The fourth-order valence-electron chi connectivity index (χ4n) is 3.73. The molecule has 1 saturated heterocycles. The predicted octanol–water partition coefficient (Wildman–Crippen LogP) is 1.46. The van der Waals surface area contributed by atoms with Gasteiger partial charge in [0, 0.05) is 30.2 Å². The van der Waals surface area contributed by atoms with E-state index in [-0.39, 0.29) is 17.9 Å². The van der Waals surface area contributed by atoms with Gasteiger partial charge in [-0.2, -0.15) is 0 Å². The van der Waals surface area contributed by atoms with Crippen molar-refractivity contribution in [3.8, 4) is 0 Å². The Balaban J connectivity index is 1.62. The normalized spacial score (nSPS) is 15.9. The lowest BCUT2D eigenvalue weighted by Crippen LogP contribution is -2.47. The number of pyridine rings is 1. The molecule has 26 heavy (non-hydrogen) atoms. The second kappa shape index (κ2) is 7.83. The minimum atomic E-state index is -0.303. The molecule has 6 nitrogen and oxygen atoms in total. The summed E-state index contributed by atoms with van der Waals surface area (Å²) in [6, 6.07) is 8.17. The number of nitrogens with one attached hydrogen (secondary N) is 1. The van der Waals surface area contributed by atoms with E-state index >= 15 is 0 Å². The quantitative estimate of drug-likeness (QED) is 0.851. The van der Waals surface area contributed by atoms with Crippen LogP contribution in [-0.4, -0.2) is 47.4 Å². The number of carbonyl (C=O) groups is 2. The average molecular weight is 354 g/mol. The number of piperidine rings is 1. The molecule has 1 aromatic heterocycles. The maximum atomic E-state index is 12.6. The van der Waals surface area contributed by atoms with Crippen molar-refractivity contribution in [2.75, 3.05) is 19.6 Å². The second-order valence-corrected chi connectivity index (χ2v) is 7.08. The smallest absolute Gasteiger partial charge is 0.231 e. The van der Waals surface area contributed by atoms with Gasteiger partial charge in [0.15, 0.2) is 0 Å². The first-order chi connectivity index (χ1) is 12.4. The van der Waals surface area contributed by atoms with Crippen molar-refractivity contribution in [1.29, 1.82) is 0 Å².